The number of esters is 2. The normalized spacial score (nSPS) is 40.5. The van der Waals surface area contributed by atoms with Gasteiger partial charge in [0, 0.05) is 31.8 Å². The molecule has 11 rings (SSSR count). The number of ether oxygens (including phenoxy) is 4. The summed E-state index contributed by atoms with van der Waals surface area (Å²) in [6, 6.07) is 9.99. The molecular formula is C60H83NO13. The van der Waals surface area contributed by atoms with Crippen molar-refractivity contribution in [2.45, 2.75) is 171 Å². The van der Waals surface area contributed by atoms with E-state index in [2.05, 4.69) is 19.2 Å². The van der Waals surface area contributed by atoms with Gasteiger partial charge in [0.05, 0.1) is 25.4 Å². The molecule has 7 aliphatic carbocycles. The second kappa shape index (κ2) is 21.9. The van der Waals surface area contributed by atoms with E-state index in [0.29, 0.717) is 66.3 Å². The molecule has 0 aromatic heterocycles. The number of hydrogen-bond donors (Lipinski definition) is 8. The molecule has 2 heterocycles. The van der Waals surface area contributed by atoms with Gasteiger partial charge in [-0.05, 0) is 195 Å². The number of aliphatic hydroxyl groups excluding tert-OH is 5. The zero-order valence-corrected chi connectivity index (χ0v) is 43.9. The number of rotatable bonds is 16. The van der Waals surface area contributed by atoms with Crippen LogP contribution in [-0.2, 0) is 36.6 Å². The van der Waals surface area contributed by atoms with Crippen LogP contribution in [0.3, 0.4) is 0 Å². The number of aliphatic hydroxyl groups is 6. The molecule has 1 spiro atoms. The fraction of sp³-hybridized carbons (Fsp3) is 0.700. The number of carbonyl (C=O) groups excluding carboxylic acids is 2. The Kier molecular flexibility index (Phi) is 15.8. The van der Waals surface area contributed by atoms with E-state index in [1.807, 2.05) is 18.2 Å². The Morgan fingerprint density at radius 1 is 0.946 bits per heavy atom. The van der Waals surface area contributed by atoms with Crippen molar-refractivity contribution in [3.63, 3.8) is 0 Å². The van der Waals surface area contributed by atoms with Gasteiger partial charge in [-0.15, -0.1) is 0 Å². The van der Waals surface area contributed by atoms with Gasteiger partial charge in [-0.1, -0.05) is 63.5 Å². The second-order valence-corrected chi connectivity index (χ2v) is 24.3. The van der Waals surface area contributed by atoms with Gasteiger partial charge >= 0.3 is 11.9 Å². The number of aryl methyl sites for hydroxylation is 1. The third-order valence-electron chi connectivity index (χ3n) is 20.4. The Bertz CT molecular complexity index is 2410. The van der Waals surface area contributed by atoms with Gasteiger partial charge in [0.25, 0.3) is 0 Å². The summed E-state index contributed by atoms with van der Waals surface area (Å²) in [5, 5.41) is 81.7. The fourth-order valence-electron chi connectivity index (χ4n) is 17.1. The summed E-state index contributed by atoms with van der Waals surface area (Å²) in [7, 11) is 1.42. The molecule has 14 nitrogen and oxygen atoms in total. The molecular weight excluding hydrogens is 943 g/mol. The number of nitrogens with one attached hydrogen (secondary N) is 1. The molecule has 7 bridgehead atoms. The highest BCUT2D eigenvalue weighted by Gasteiger charge is 2.66. The average Bonchev–Trinajstić information content (AvgIpc) is 3.41. The van der Waals surface area contributed by atoms with Gasteiger partial charge < -0.3 is 60.0 Å². The summed E-state index contributed by atoms with van der Waals surface area (Å²) in [6.07, 6.45) is 10.0. The molecule has 74 heavy (non-hydrogen) atoms. The predicted molar refractivity (Wildman–Crippen MR) is 276 cm³/mol. The fourth-order valence-corrected chi connectivity index (χ4v) is 17.1. The zero-order chi connectivity index (χ0) is 52.2. The van der Waals surface area contributed by atoms with E-state index < -0.39 is 54.3 Å². The number of hydrogen-bond acceptors (Lipinski definition) is 14. The van der Waals surface area contributed by atoms with Crippen LogP contribution in [0, 0.1) is 64.6 Å². The topological polar surface area (TPSA) is 225 Å². The number of fused-ring (bicyclic) bond motifs is 4. The molecule has 0 unspecified atom stereocenters. The van der Waals surface area contributed by atoms with Crippen LogP contribution in [0.25, 0.3) is 6.08 Å². The van der Waals surface area contributed by atoms with Crippen LogP contribution < -0.4 is 10.1 Å². The zero-order valence-electron chi connectivity index (χ0n) is 43.9. The highest BCUT2D eigenvalue weighted by atomic mass is 16.7. The molecule has 0 radical (unpaired) electrons. The van der Waals surface area contributed by atoms with Crippen LogP contribution in [0.5, 0.6) is 11.5 Å². The van der Waals surface area contributed by atoms with Crippen molar-refractivity contribution < 1.29 is 64.3 Å². The minimum Gasteiger partial charge on any atom is -0.504 e. The Labute approximate surface area is 436 Å². The van der Waals surface area contributed by atoms with E-state index in [0.717, 1.165) is 55.2 Å². The second-order valence-electron chi connectivity index (χ2n) is 24.3. The summed E-state index contributed by atoms with van der Waals surface area (Å²) < 4.78 is 24.4. The van der Waals surface area contributed by atoms with E-state index in [4.69, 9.17) is 18.9 Å². The van der Waals surface area contributed by atoms with E-state index in [9.17, 15) is 40.5 Å². The summed E-state index contributed by atoms with van der Waals surface area (Å²) in [5.41, 5.74) is 3.50. The van der Waals surface area contributed by atoms with Gasteiger partial charge in [-0.3, -0.25) is 4.79 Å². The third-order valence-corrected chi connectivity index (χ3v) is 20.4. The van der Waals surface area contributed by atoms with Crippen LogP contribution in [0.4, 0.5) is 0 Å². The minimum atomic E-state index is -2.35. The lowest BCUT2D eigenvalue weighted by Gasteiger charge is -2.69. The molecule has 1 saturated heterocycles. The largest absolute Gasteiger partial charge is 0.504 e. The first-order valence-electron chi connectivity index (χ1n) is 28.3. The van der Waals surface area contributed by atoms with Gasteiger partial charge in [0.1, 0.15) is 12.2 Å². The van der Waals surface area contributed by atoms with Crippen LogP contribution in [0.1, 0.15) is 132 Å². The van der Waals surface area contributed by atoms with Crippen LogP contribution >= 0.6 is 0 Å². The van der Waals surface area contributed by atoms with Crippen molar-refractivity contribution in [3.05, 3.63) is 76.4 Å². The molecule has 0 amide bonds. The lowest BCUT2D eigenvalue weighted by molar-refractivity contribution is -0.333. The van der Waals surface area contributed by atoms with Crippen molar-refractivity contribution in [3.8, 4) is 11.5 Å². The quantitative estimate of drug-likeness (QED) is 0.0510. The monoisotopic (exact) mass is 1030 g/mol. The first kappa shape index (κ1) is 53.5. The van der Waals surface area contributed by atoms with Crippen molar-refractivity contribution in [2.75, 3.05) is 26.9 Å². The molecule has 8 N–H and O–H groups in total. The Morgan fingerprint density at radius 3 is 2.54 bits per heavy atom. The van der Waals surface area contributed by atoms with Gasteiger partial charge in [-0.2, -0.15) is 0 Å². The van der Waals surface area contributed by atoms with Crippen LogP contribution in [0.2, 0.25) is 0 Å². The number of phenols is 1. The average molecular weight is 1030 g/mol. The Hall–Kier alpha value is -3.86. The molecule has 2 aliphatic heterocycles. The molecule has 406 valence electrons. The number of benzene rings is 2. The molecule has 2 aromatic carbocycles. The summed E-state index contributed by atoms with van der Waals surface area (Å²) >= 11 is 0. The van der Waals surface area contributed by atoms with Gasteiger partial charge in [-0.25, -0.2) is 4.79 Å². The number of aromatic hydroxyl groups is 1. The summed E-state index contributed by atoms with van der Waals surface area (Å²) in [6.45, 7) is 6.38. The molecule has 2 aromatic rings. The van der Waals surface area contributed by atoms with E-state index >= 15 is 4.79 Å². The van der Waals surface area contributed by atoms with Gasteiger partial charge in [0.15, 0.2) is 23.7 Å². The molecule has 20 atom stereocenters. The van der Waals surface area contributed by atoms with Crippen molar-refractivity contribution in [1.82, 2.24) is 5.32 Å². The highest BCUT2D eigenvalue weighted by molar-refractivity contribution is 5.94. The summed E-state index contributed by atoms with van der Waals surface area (Å²) in [4.78, 5) is 29.8. The maximum absolute atomic E-state index is 15.1. The standard InChI is InChI=1S/C60H83NO13/c1-32-6-5-7-38-29-47-42-14-15-46-53(67)43(52(32)38)18-21-59(46,47)41(24-33(42)2)13-17-51(66)72-56-54(68)55-48(61-30-34(3)64)19-22-60(70,74-55)57(56)73-58(69)40(25-36-9-16-49(65)50(27-36)71-4)28-45-39(31-63)12-11-37-10-8-35(20-23-62)26-44(37)45/h8-10,16,19,22,25-27,32-34,38-39,41-43,45-48,52-57,61-65,67-68,70H,5-7,11-15,17-18,20-21,23-24,28-31H2,1-4H3/b40-25+/t32-,33-,34+,38+,39+,41+,42-,43+,45+,46-,47-,48+,52+,53+,54+,55+,56-,57-,59-,60-/m1/s1. The number of methoxy groups -OCH3 is 1. The van der Waals surface area contributed by atoms with E-state index in [-0.39, 0.29) is 84.9 Å². The SMILES string of the molecule is COc1cc(/C=C(\C[C@@H]2c3cc(CCO)ccc3CC[C@H]2CO)C(=O)O[C@@H]2[C@H](OC(=O)CC[C@H]3C[C@@H](C)[C@H]4CC[C@@H]5[C@@H](O)[C@H]6CC[C@@]35[C@@H]4C[C@@H]3CCC[C@@H](C)[C@@H]36)[C@@H](O)[C@H]3O[C@]2(O)C=C[C@@H]3NC[C@H](C)O)ccc1O. The lowest BCUT2D eigenvalue weighted by Crippen LogP contribution is -2.71. The minimum absolute atomic E-state index is 0.0367. The van der Waals surface area contributed by atoms with E-state index in [1.54, 1.807) is 31.2 Å². The first-order chi connectivity index (χ1) is 35.6. The van der Waals surface area contributed by atoms with Crippen molar-refractivity contribution >= 4 is 18.0 Å². The molecule has 14 heteroatoms. The molecule has 7 fully saturated rings. The van der Waals surface area contributed by atoms with Crippen LogP contribution in [-0.4, -0.2) is 123 Å². The molecule has 6 saturated carbocycles. The lowest BCUT2D eigenvalue weighted by atomic mass is 9.36. The number of carbonyl (C=O) groups is 2. The third kappa shape index (κ3) is 9.90. The van der Waals surface area contributed by atoms with Crippen LogP contribution in [0.15, 0.2) is 54.1 Å². The Balaban J connectivity index is 0.953. The predicted octanol–water partition coefficient (Wildman–Crippen LogP) is 6.52. The first-order valence-corrected chi connectivity index (χ1v) is 28.3. The maximum Gasteiger partial charge on any atom is 0.334 e. The summed E-state index contributed by atoms with van der Waals surface area (Å²) in [5.74, 6) is -0.268. The highest BCUT2D eigenvalue weighted by Crippen LogP contribution is 2.71. The van der Waals surface area contributed by atoms with Crippen molar-refractivity contribution in [1.29, 1.82) is 0 Å². The van der Waals surface area contributed by atoms with Crippen molar-refractivity contribution in [2.24, 2.45) is 64.6 Å². The maximum atomic E-state index is 15.1. The van der Waals surface area contributed by atoms with E-state index in [1.165, 1.54) is 44.9 Å². The smallest absolute Gasteiger partial charge is 0.334 e. The molecule has 9 aliphatic rings. The Morgan fingerprint density at radius 2 is 1.77 bits per heavy atom. The van der Waals surface area contributed by atoms with Gasteiger partial charge in [0.2, 0.25) is 5.79 Å². The number of phenolic OH excluding ortho intramolecular Hbond substituents is 1.